The molecular weight excluding hydrogens is 266 g/mol. The van der Waals surface area contributed by atoms with Crippen LogP contribution in [0.3, 0.4) is 0 Å². The molecule has 0 amide bonds. The summed E-state index contributed by atoms with van der Waals surface area (Å²) >= 11 is 1.74. The largest absolute Gasteiger partial charge is 0.326 e. The minimum absolute atomic E-state index is 0.136. The van der Waals surface area contributed by atoms with Crippen molar-refractivity contribution >= 4 is 11.3 Å². The van der Waals surface area contributed by atoms with Gasteiger partial charge in [-0.2, -0.15) is 0 Å². The molecule has 1 unspecified atom stereocenters. The van der Waals surface area contributed by atoms with Gasteiger partial charge in [-0.3, -0.25) is 0 Å². The first-order chi connectivity index (χ1) is 9.38. The Labute approximate surface area is 126 Å². The van der Waals surface area contributed by atoms with Gasteiger partial charge in [-0.15, -0.1) is 11.3 Å². The first kappa shape index (κ1) is 15.3. The zero-order valence-electron chi connectivity index (χ0n) is 13.1. The molecule has 0 saturated carbocycles. The molecule has 0 aromatic carbocycles. The van der Waals surface area contributed by atoms with Gasteiger partial charge >= 0.3 is 0 Å². The summed E-state index contributed by atoms with van der Waals surface area (Å²) in [5.41, 5.74) is 0.136. The van der Waals surface area contributed by atoms with Crippen LogP contribution in [0.5, 0.6) is 0 Å². The van der Waals surface area contributed by atoms with Crippen LogP contribution in [0.15, 0.2) is 29.9 Å². The number of thiophene rings is 1. The third kappa shape index (κ3) is 3.70. The summed E-state index contributed by atoms with van der Waals surface area (Å²) in [5.74, 6) is 1.63. The molecule has 0 fully saturated rings. The van der Waals surface area contributed by atoms with Crippen molar-refractivity contribution in [3.63, 3.8) is 0 Å². The molecule has 0 aliphatic heterocycles. The van der Waals surface area contributed by atoms with Crippen LogP contribution < -0.4 is 5.32 Å². The van der Waals surface area contributed by atoms with Crippen LogP contribution in [0.2, 0.25) is 0 Å². The lowest BCUT2D eigenvalue weighted by molar-refractivity contribution is 0.313. The summed E-state index contributed by atoms with van der Waals surface area (Å²) in [6, 6.07) is 4.63. The fraction of sp³-hybridized carbons (Fsp3) is 0.562. The fourth-order valence-corrected chi connectivity index (χ4v) is 2.97. The summed E-state index contributed by atoms with van der Waals surface area (Å²) in [6.07, 6.45) is 4.01. The normalized spacial score (nSPS) is 13.9. The van der Waals surface area contributed by atoms with E-state index in [-0.39, 0.29) is 5.54 Å². The Kier molecular flexibility index (Phi) is 4.66. The molecule has 4 heteroatoms. The van der Waals surface area contributed by atoms with E-state index in [2.05, 4.69) is 73.2 Å². The lowest BCUT2D eigenvalue weighted by Gasteiger charge is -2.29. The van der Waals surface area contributed by atoms with Crippen molar-refractivity contribution < 1.29 is 0 Å². The van der Waals surface area contributed by atoms with Crippen LogP contribution >= 0.6 is 11.3 Å². The zero-order chi connectivity index (χ0) is 14.8. The Morgan fingerprint density at radius 2 is 2.10 bits per heavy atom. The standard InChI is InChI=1S/C16H25N3S/c1-12(2)13(11-18-16(3,4)5)19-9-8-17-15(19)14-7-6-10-20-14/h6-10,12-13,18H,11H2,1-5H3. The second kappa shape index (κ2) is 6.10. The maximum Gasteiger partial charge on any atom is 0.150 e. The van der Waals surface area contributed by atoms with E-state index < -0.39 is 0 Å². The van der Waals surface area contributed by atoms with Gasteiger partial charge in [-0.25, -0.2) is 4.98 Å². The van der Waals surface area contributed by atoms with Crippen LogP contribution in [0.1, 0.15) is 40.7 Å². The third-order valence-corrected chi connectivity index (χ3v) is 4.24. The second-order valence-corrected chi connectivity index (χ2v) is 7.53. The number of nitrogens with one attached hydrogen (secondary N) is 1. The predicted molar refractivity (Wildman–Crippen MR) is 87.2 cm³/mol. The molecule has 0 radical (unpaired) electrons. The van der Waals surface area contributed by atoms with E-state index in [4.69, 9.17) is 0 Å². The highest BCUT2D eigenvalue weighted by Crippen LogP contribution is 2.28. The van der Waals surface area contributed by atoms with Crippen LogP contribution in [0, 0.1) is 5.92 Å². The van der Waals surface area contributed by atoms with E-state index in [0.717, 1.165) is 12.4 Å². The van der Waals surface area contributed by atoms with E-state index in [0.29, 0.717) is 12.0 Å². The lowest BCUT2D eigenvalue weighted by atomic mass is 10.0. The minimum Gasteiger partial charge on any atom is -0.326 e. The molecule has 2 aromatic rings. The topological polar surface area (TPSA) is 29.9 Å². The molecule has 20 heavy (non-hydrogen) atoms. The molecule has 3 nitrogen and oxygen atoms in total. The van der Waals surface area contributed by atoms with Crippen molar-refractivity contribution in [2.45, 2.75) is 46.2 Å². The van der Waals surface area contributed by atoms with Gasteiger partial charge in [0, 0.05) is 30.5 Å². The predicted octanol–water partition coefficient (Wildman–Crippen LogP) is 4.20. The number of hydrogen-bond donors (Lipinski definition) is 1. The average molecular weight is 291 g/mol. The average Bonchev–Trinajstić information content (AvgIpc) is 2.96. The molecule has 2 aromatic heterocycles. The molecule has 2 rings (SSSR count). The first-order valence-electron chi connectivity index (χ1n) is 7.20. The fourth-order valence-electron chi connectivity index (χ4n) is 2.24. The van der Waals surface area contributed by atoms with E-state index in [1.54, 1.807) is 11.3 Å². The van der Waals surface area contributed by atoms with Gasteiger partial charge in [0.05, 0.1) is 4.88 Å². The Morgan fingerprint density at radius 1 is 1.35 bits per heavy atom. The Balaban J connectivity index is 2.25. The second-order valence-electron chi connectivity index (χ2n) is 6.58. The third-order valence-electron chi connectivity index (χ3n) is 3.38. The highest BCUT2D eigenvalue weighted by molar-refractivity contribution is 7.13. The molecule has 0 aliphatic rings. The molecular formula is C16H25N3S. The highest BCUT2D eigenvalue weighted by Gasteiger charge is 2.21. The summed E-state index contributed by atoms with van der Waals surface area (Å²) < 4.78 is 2.31. The highest BCUT2D eigenvalue weighted by atomic mass is 32.1. The molecule has 0 saturated heterocycles. The minimum atomic E-state index is 0.136. The van der Waals surface area contributed by atoms with E-state index in [9.17, 15) is 0 Å². The molecule has 0 spiro atoms. The summed E-state index contributed by atoms with van der Waals surface area (Å²) in [6.45, 7) is 12.1. The van der Waals surface area contributed by atoms with E-state index in [1.807, 2.05) is 6.20 Å². The van der Waals surface area contributed by atoms with Crippen LogP contribution in [-0.2, 0) is 0 Å². The van der Waals surface area contributed by atoms with Crippen molar-refractivity contribution in [1.82, 2.24) is 14.9 Å². The summed E-state index contributed by atoms with van der Waals surface area (Å²) in [4.78, 5) is 5.78. The Morgan fingerprint density at radius 3 is 2.65 bits per heavy atom. The van der Waals surface area contributed by atoms with Gasteiger partial charge in [-0.05, 0) is 38.1 Å². The van der Waals surface area contributed by atoms with Gasteiger partial charge in [0.15, 0.2) is 0 Å². The maximum atomic E-state index is 4.55. The van der Waals surface area contributed by atoms with Crippen LogP contribution in [0.4, 0.5) is 0 Å². The van der Waals surface area contributed by atoms with Crippen molar-refractivity contribution in [3.8, 4) is 10.7 Å². The van der Waals surface area contributed by atoms with Gasteiger partial charge < -0.3 is 9.88 Å². The maximum absolute atomic E-state index is 4.55. The Hall–Kier alpha value is -1.13. The number of hydrogen-bond acceptors (Lipinski definition) is 3. The smallest absolute Gasteiger partial charge is 0.150 e. The number of rotatable bonds is 5. The van der Waals surface area contributed by atoms with Gasteiger partial charge in [0.1, 0.15) is 5.82 Å². The van der Waals surface area contributed by atoms with Crippen molar-refractivity contribution in [1.29, 1.82) is 0 Å². The van der Waals surface area contributed by atoms with E-state index >= 15 is 0 Å². The lowest BCUT2D eigenvalue weighted by Crippen LogP contribution is -2.41. The van der Waals surface area contributed by atoms with Crippen molar-refractivity contribution in [3.05, 3.63) is 29.9 Å². The van der Waals surface area contributed by atoms with Gasteiger partial charge in [-0.1, -0.05) is 19.9 Å². The molecule has 0 aliphatic carbocycles. The molecule has 1 atom stereocenters. The SMILES string of the molecule is CC(C)C(CNC(C)(C)C)n1ccnc1-c1cccs1. The Bertz CT molecular complexity index is 520. The quantitative estimate of drug-likeness (QED) is 0.895. The van der Waals surface area contributed by atoms with Crippen LogP contribution in [0.25, 0.3) is 10.7 Å². The van der Waals surface area contributed by atoms with Crippen molar-refractivity contribution in [2.75, 3.05) is 6.54 Å². The molecule has 2 heterocycles. The van der Waals surface area contributed by atoms with Gasteiger partial charge in [0.25, 0.3) is 0 Å². The first-order valence-corrected chi connectivity index (χ1v) is 8.08. The van der Waals surface area contributed by atoms with E-state index in [1.165, 1.54) is 4.88 Å². The molecule has 0 bridgehead atoms. The monoisotopic (exact) mass is 291 g/mol. The number of aromatic nitrogens is 2. The summed E-state index contributed by atoms with van der Waals surface area (Å²) in [5, 5.41) is 5.72. The summed E-state index contributed by atoms with van der Waals surface area (Å²) in [7, 11) is 0. The van der Waals surface area contributed by atoms with Gasteiger partial charge in [0.2, 0.25) is 0 Å². The number of imidazole rings is 1. The zero-order valence-corrected chi connectivity index (χ0v) is 13.9. The number of nitrogens with zero attached hydrogens (tertiary/aromatic N) is 2. The van der Waals surface area contributed by atoms with Crippen LogP contribution in [-0.4, -0.2) is 21.6 Å². The molecule has 1 N–H and O–H groups in total. The van der Waals surface area contributed by atoms with Crippen molar-refractivity contribution in [2.24, 2.45) is 5.92 Å². The molecule has 110 valence electrons.